The van der Waals surface area contributed by atoms with E-state index in [2.05, 4.69) is 16.5 Å². The van der Waals surface area contributed by atoms with Crippen LogP contribution in [0.3, 0.4) is 0 Å². The number of halogens is 1. The smallest absolute Gasteiger partial charge is 0.254 e. The van der Waals surface area contributed by atoms with E-state index in [1.54, 1.807) is 6.92 Å². The lowest BCUT2D eigenvalue weighted by Gasteiger charge is -2.35. The van der Waals surface area contributed by atoms with Crippen LogP contribution in [0, 0.1) is 22.6 Å². The van der Waals surface area contributed by atoms with Gasteiger partial charge in [-0.15, -0.1) is 0 Å². The lowest BCUT2D eigenvalue weighted by atomic mass is 9.72. The van der Waals surface area contributed by atoms with E-state index >= 15 is 0 Å². The van der Waals surface area contributed by atoms with Crippen LogP contribution < -0.4 is 11.1 Å². The molecule has 1 amide bonds. The van der Waals surface area contributed by atoms with Gasteiger partial charge in [0.15, 0.2) is 5.82 Å². The number of primary amides is 1. The topological polar surface area (TPSA) is 114 Å². The van der Waals surface area contributed by atoms with Crippen molar-refractivity contribution < 1.29 is 14.0 Å². The van der Waals surface area contributed by atoms with Gasteiger partial charge in [-0.25, -0.2) is 4.39 Å². The number of hydrogen-bond acceptors (Lipinski definition) is 5. The molecule has 0 bridgehead atoms. The number of rotatable bonds is 4. The van der Waals surface area contributed by atoms with Crippen LogP contribution in [-0.4, -0.2) is 21.5 Å². The van der Waals surface area contributed by atoms with Gasteiger partial charge >= 0.3 is 0 Å². The van der Waals surface area contributed by atoms with Crippen LogP contribution in [-0.2, 0) is 4.79 Å². The maximum Gasteiger partial charge on any atom is 0.254 e. The molecule has 1 fully saturated rings. The van der Waals surface area contributed by atoms with Gasteiger partial charge in [-0.2, -0.15) is 10.4 Å². The van der Waals surface area contributed by atoms with Gasteiger partial charge < -0.3 is 11.1 Å². The van der Waals surface area contributed by atoms with Crippen LogP contribution in [0.25, 0.3) is 0 Å². The molecule has 1 saturated carbocycles. The Labute approximate surface area is 149 Å². The number of amides is 1. The van der Waals surface area contributed by atoms with Gasteiger partial charge in [-0.05, 0) is 37.6 Å². The summed E-state index contributed by atoms with van der Waals surface area (Å²) in [4.78, 5) is 23.7. The van der Waals surface area contributed by atoms with Crippen LogP contribution in [0.4, 0.5) is 15.9 Å². The van der Waals surface area contributed by atoms with Gasteiger partial charge in [0.25, 0.3) is 5.91 Å². The van der Waals surface area contributed by atoms with Crippen LogP contribution in [0.5, 0.6) is 0 Å². The van der Waals surface area contributed by atoms with Crippen LogP contribution in [0.2, 0.25) is 0 Å². The third kappa shape index (κ3) is 3.28. The van der Waals surface area contributed by atoms with E-state index in [4.69, 9.17) is 5.73 Å². The monoisotopic (exact) mass is 355 g/mol. The molecular formula is C18H18FN5O2. The Morgan fingerprint density at radius 1 is 1.46 bits per heavy atom. The van der Waals surface area contributed by atoms with Gasteiger partial charge in [-0.3, -0.25) is 14.3 Å². The third-order valence-corrected chi connectivity index (χ3v) is 4.76. The Kier molecular flexibility index (Phi) is 4.47. The lowest BCUT2D eigenvalue weighted by Crippen LogP contribution is -2.35. The van der Waals surface area contributed by atoms with E-state index < -0.39 is 17.4 Å². The Morgan fingerprint density at radius 2 is 2.15 bits per heavy atom. The normalized spacial score (nSPS) is 22.7. The van der Waals surface area contributed by atoms with Crippen LogP contribution >= 0.6 is 0 Å². The first-order valence-electron chi connectivity index (χ1n) is 8.17. The van der Waals surface area contributed by atoms with Gasteiger partial charge in [0.05, 0.1) is 17.5 Å². The second-order valence-electron chi connectivity index (χ2n) is 6.66. The third-order valence-electron chi connectivity index (χ3n) is 4.76. The fraction of sp³-hybridized carbons (Fsp3) is 0.333. The summed E-state index contributed by atoms with van der Waals surface area (Å²) in [5.74, 6) is -0.835. The molecule has 2 aromatic rings. The average molecular weight is 355 g/mol. The fourth-order valence-electron chi connectivity index (χ4n) is 3.12. The molecule has 0 aliphatic heterocycles. The average Bonchev–Trinajstić information content (AvgIpc) is 3.03. The highest BCUT2D eigenvalue weighted by atomic mass is 19.1. The Morgan fingerprint density at radius 3 is 2.77 bits per heavy atom. The zero-order chi connectivity index (χ0) is 18.9. The van der Waals surface area contributed by atoms with Crippen LogP contribution in [0.15, 0.2) is 30.5 Å². The summed E-state index contributed by atoms with van der Waals surface area (Å²) in [6.45, 7) is 1.78. The van der Waals surface area contributed by atoms with E-state index in [0.717, 1.165) is 0 Å². The first-order valence-corrected chi connectivity index (χ1v) is 8.17. The highest BCUT2D eigenvalue weighted by molar-refractivity contribution is 5.98. The van der Waals surface area contributed by atoms with E-state index in [0.29, 0.717) is 18.5 Å². The highest BCUT2D eigenvalue weighted by Crippen LogP contribution is 2.42. The first kappa shape index (κ1) is 17.6. The molecule has 8 heteroatoms. The number of nitrogens with zero attached hydrogens (tertiary/aromatic N) is 3. The molecule has 0 saturated heterocycles. The molecule has 134 valence electrons. The van der Waals surface area contributed by atoms with Gasteiger partial charge in [0.2, 0.25) is 0 Å². The summed E-state index contributed by atoms with van der Waals surface area (Å²) in [5.41, 5.74) is 5.32. The van der Waals surface area contributed by atoms with Crippen molar-refractivity contribution in [1.29, 1.82) is 5.26 Å². The number of nitriles is 1. The molecule has 3 N–H and O–H groups in total. The number of nitrogens with one attached hydrogen (secondary N) is 1. The number of nitrogens with two attached hydrogens (primary N) is 1. The summed E-state index contributed by atoms with van der Waals surface area (Å²) < 4.78 is 14.5. The Bertz CT molecular complexity index is 899. The predicted octanol–water partition coefficient (Wildman–Crippen LogP) is 2.69. The molecule has 2 atom stereocenters. The van der Waals surface area contributed by atoms with Gasteiger partial charge in [-0.1, -0.05) is 0 Å². The molecule has 7 nitrogen and oxygen atoms in total. The van der Waals surface area contributed by atoms with Crippen molar-refractivity contribution in [2.24, 2.45) is 11.1 Å². The standard InChI is InChI=1S/C18H18FN5O2/c1-18(10-20)7-6-13(25)8-15(18)24-9-14(16(21)26)17(23-24)22-12-4-2-11(19)3-5-12/h2-5,9,15H,6-8H2,1H3,(H2,21,26)(H,22,23)/t15-,18+/m0/s1. The number of benzene rings is 1. The Balaban J connectivity index is 1.98. The number of ketones is 1. The molecule has 1 heterocycles. The molecule has 26 heavy (non-hydrogen) atoms. The molecule has 1 aromatic carbocycles. The molecular weight excluding hydrogens is 337 g/mol. The zero-order valence-corrected chi connectivity index (χ0v) is 14.2. The number of hydrogen-bond donors (Lipinski definition) is 2. The summed E-state index contributed by atoms with van der Waals surface area (Å²) in [5, 5.41) is 16.9. The fourth-order valence-corrected chi connectivity index (χ4v) is 3.12. The number of aromatic nitrogens is 2. The molecule has 1 aromatic heterocycles. The Hall–Kier alpha value is -3.21. The van der Waals surface area contributed by atoms with Crippen molar-refractivity contribution in [1.82, 2.24) is 9.78 Å². The minimum atomic E-state index is -0.776. The van der Waals surface area contributed by atoms with Crippen molar-refractivity contribution in [2.45, 2.75) is 32.2 Å². The van der Waals surface area contributed by atoms with Crippen molar-refractivity contribution in [2.75, 3.05) is 5.32 Å². The van der Waals surface area contributed by atoms with E-state index in [9.17, 15) is 19.2 Å². The largest absolute Gasteiger partial charge is 0.365 e. The number of carbonyl (C=O) groups excluding carboxylic acids is 2. The maximum absolute atomic E-state index is 13.1. The molecule has 0 unspecified atom stereocenters. The van der Waals surface area contributed by atoms with Crippen LogP contribution in [0.1, 0.15) is 42.6 Å². The van der Waals surface area contributed by atoms with Crippen molar-refractivity contribution >= 4 is 23.2 Å². The summed E-state index contributed by atoms with van der Waals surface area (Å²) in [7, 11) is 0. The zero-order valence-electron chi connectivity index (χ0n) is 14.2. The van der Waals surface area contributed by atoms with Gasteiger partial charge in [0, 0.05) is 24.7 Å². The summed E-state index contributed by atoms with van der Waals surface area (Å²) in [6.07, 6.45) is 2.40. The predicted molar refractivity (Wildman–Crippen MR) is 92.0 cm³/mol. The minimum Gasteiger partial charge on any atom is -0.365 e. The van der Waals surface area contributed by atoms with E-state index in [1.807, 2.05) is 0 Å². The highest BCUT2D eigenvalue weighted by Gasteiger charge is 2.42. The van der Waals surface area contributed by atoms with E-state index in [-0.39, 0.29) is 29.4 Å². The number of anilines is 2. The quantitative estimate of drug-likeness (QED) is 0.875. The second-order valence-corrected chi connectivity index (χ2v) is 6.66. The van der Waals surface area contributed by atoms with Crippen molar-refractivity contribution in [3.63, 3.8) is 0 Å². The number of carbonyl (C=O) groups is 2. The molecule has 1 aliphatic carbocycles. The maximum atomic E-state index is 13.1. The molecule has 1 aliphatic rings. The van der Waals surface area contributed by atoms with Crippen molar-refractivity contribution in [3.05, 3.63) is 41.8 Å². The lowest BCUT2D eigenvalue weighted by molar-refractivity contribution is -0.123. The van der Waals surface area contributed by atoms with Gasteiger partial charge in [0.1, 0.15) is 17.2 Å². The number of Topliss-reactive ketones (excluding diaryl/α,β-unsaturated/α-hetero) is 1. The molecule has 0 spiro atoms. The summed E-state index contributed by atoms with van der Waals surface area (Å²) in [6, 6.07) is 7.33. The van der Waals surface area contributed by atoms with Crippen molar-refractivity contribution in [3.8, 4) is 6.07 Å². The first-order chi connectivity index (χ1) is 12.3. The van der Waals surface area contributed by atoms with E-state index in [1.165, 1.54) is 35.1 Å². The SMILES string of the molecule is C[C@]1(C#N)CCC(=O)C[C@@H]1n1cc(C(N)=O)c(Nc2ccc(F)cc2)n1. The molecule has 0 radical (unpaired) electrons. The second kappa shape index (κ2) is 6.59. The summed E-state index contributed by atoms with van der Waals surface area (Å²) >= 11 is 0. The molecule has 3 rings (SSSR count). The minimum absolute atomic E-state index is 0.0480.